The van der Waals surface area contributed by atoms with E-state index in [0.29, 0.717) is 5.16 Å². The molecule has 2 aromatic carbocycles. The molecule has 0 atom stereocenters. The Labute approximate surface area is 149 Å². The molecule has 0 saturated heterocycles. The lowest BCUT2D eigenvalue weighted by Crippen LogP contribution is -2.38. The predicted molar refractivity (Wildman–Crippen MR) is 99.1 cm³/mol. The number of carbonyl (C=O) groups is 2. The second-order valence-corrected chi connectivity index (χ2v) is 6.41. The van der Waals surface area contributed by atoms with Gasteiger partial charge in [-0.3, -0.25) is 14.7 Å². The van der Waals surface area contributed by atoms with Crippen LogP contribution < -0.4 is 10.6 Å². The Bertz CT molecular complexity index is 918. The molecule has 2 N–H and O–H groups in total. The number of amides is 3. The van der Waals surface area contributed by atoms with Crippen LogP contribution in [0.5, 0.6) is 0 Å². The van der Waals surface area contributed by atoms with Gasteiger partial charge >= 0.3 is 6.03 Å². The average molecular weight is 354 g/mol. The van der Waals surface area contributed by atoms with Crippen LogP contribution in [0.3, 0.4) is 0 Å². The molecular weight excluding hydrogens is 336 g/mol. The van der Waals surface area contributed by atoms with Crippen molar-refractivity contribution in [1.29, 1.82) is 0 Å². The summed E-state index contributed by atoms with van der Waals surface area (Å²) in [6.45, 7) is 2.04. The minimum Gasteiger partial charge on any atom is -0.341 e. The van der Waals surface area contributed by atoms with Crippen molar-refractivity contribution in [1.82, 2.24) is 20.2 Å². The molecule has 0 aliphatic carbocycles. The third kappa shape index (κ3) is 3.83. The third-order valence-corrected chi connectivity index (χ3v) is 4.57. The monoisotopic (exact) mass is 354 g/mol. The quantitative estimate of drug-likeness (QED) is 0.707. The summed E-state index contributed by atoms with van der Waals surface area (Å²) in [4.78, 5) is 27.7. The second-order valence-electron chi connectivity index (χ2n) is 5.47. The molecule has 3 rings (SSSR count). The maximum atomic E-state index is 11.9. The van der Waals surface area contributed by atoms with Gasteiger partial charge in [0.15, 0.2) is 5.16 Å². The highest BCUT2D eigenvalue weighted by Gasteiger charge is 2.15. The lowest BCUT2D eigenvalue weighted by molar-refractivity contribution is -0.117. The van der Waals surface area contributed by atoms with Gasteiger partial charge in [-0.2, -0.15) is 0 Å². The van der Waals surface area contributed by atoms with Crippen LogP contribution in [0.25, 0.3) is 16.7 Å². The number of nitrogens with one attached hydrogen (secondary N) is 2. The van der Waals surface area contributed by atoms with Crippen molar-refractivity contribution in [3.63, 3.8) is 0 Å². The summed E-state index contributed by atoms with van der Waals surface area (Å²) in [5.74, 6) is -0.269. The number of hydrogen-bond acceptors (Lipinski definition) is 4. The fraction of sp³-hybridized carbons (Fsp3) is 0.167. The number of imidazole rings is 1. The smallest absolute Gasteiger partial charge is 0.321 e. The van der Waals surface area contributed by atoms with Gasteiger partial charge in [-0.25, -0.2) is 9.78 Å². The van der Waals surface area contributed by atoms with Crippen molar-refractivity contribution in [2.75, 3.05) is 12.8 Å². The Morgan fingerprint density at radius 2 is 1.84 bits per heavy atom. The first-order valence-corrected chi connectivity index (χ1v) is 8.76. The van der Waals surface area contributed by atoms with Crippen molar-refractivity contribution >= 4 is 34.7 Å². The molecule has 3 aromatic rings. The predicted octanol–water partition coefficient (Wildman–Crippen LogP) is 2.88. The number of urea groups is 1. The van der Waals surface area contributed by atoms with Gasteiger partial charge in [-0.15, -0.1) is 0 Å². The molecular formula is C18H18N4O2S. The highest BCUT2D eigenvalue weighted by molar-refractivity contribution is 7.99. The largest absolute Gasteiger partial charge is 0.341 e. The van der Waals surface area contributed by atoms with E-state index in [-0.39, 0.29) is 11.7 Å². The van der Waals surface area contributed by atoms with E-state index in [1.54, 1.807) is 0 Å². The van der Waals surface area contributed by atoms with Crippen molar-refractivity contribution in [3.8, 4) is 5.69 Å². The molecule has 1 aromatic heterocycles. The van der Waals surface area contributed by atoms with E-state index >= 15 is 0 Å². The average Bonchev–Trinajstić information content (AvgIpc) is 2.99. The summed E-state index contributed by atoms with van der Waals surface area (Å²) in [7, 11) is 1.46. The van der Waals surface area contributed by atoms with E-state index < -0.39 is 6.03 Å². The number of nitrogens with zero attached hydrogens (tertiary/aromatic N) is 2. The third-order valence-electron chi connectivity index (χ3n) is 3.63. The van der Waals surface area contributed by atoms with E-state index in [4.69, 9.17) is 0 Å². The molecule has 0 saturated carbocycles. The molecule has 0 bridgehead atoms. The number of benzene rings is 2. The van der Waals surface area contributed by atoms with Crippen LogP contribution in [0.15, 0.2) is 53.7 Å². The Morgan fingerprint density at radius 1 is 1.12 bits per heavy atom. The number of fused-ring (bicyclic) bond motifs is 1. The highest BCUT2D eigenvalue weighted by Crippen LogP contribution is 2.28. The maximum absolute atomic E-state index is 11.9. The molecule has 3 amide bonds. The van der Waals surface area contributed by atoms with Crippen LogP contribution in [0.2, 0.25) is 0 Å². The molecule has 0 fully saturated rings. The highest BCUT2D eigenvalue weighted by atomic mass is 32.2. The standard InChI is InChI=1S/C18H18N4O2S/c1-12-7-9-13(10-8-12)22-15-6-4-3-5-14(15)20-18(22)25-11-16(23)21-17(24)19-2/h3-10H,11H2,1-2H3,(H2,19,21,23,24). The van der Waals surface area contributed by atoms with Gasteiger partial charge in [0.2, 0.25) is 5.91 Å². The number of aromatic nitrogens is 2. The van der Waals surface area contributed by atoms with Crippen LogP contribution in [0.1, 0.15) is 5.56 Å². The summed E-state index contributed by atoms with van der Waals surface area (Å²) in [6.07, 6.45) is 0. The molecule has 0 aliphatic rings. The minimum atomic E-state index is -0.516. The minimum absolute atomic E-state index is 0.0998. The number of thioether (sulfide) groups is 1. The fourth-order valence-electron chi connectivity index (χ4n) is 2.40. The Kier molecular flexibility index (Phi) is 5.04. The molecule has 7 heteroatoms. The van der Waals surface area contributed by atoms with E-state index in [9.17, 15) is 9.59 Å². The van der Waals surface area contributed by atoms with Gasteiger partial charge in [-0.05, 0) is 31.2 Å². The zero-order valence-corrected chi connectivity index (χ0v) is 14.8. The summed E-state index contributed by atoms with van der Waals surface area (Å²) >= 11 is 1.29. The van der Waals surface area contributed by atoms with Crippen molar-refractivity contribution in [2.24, 2.45) is 0 Å². The van der Waals surface area contributed by atoms with Gasteiger partial charge in [0, 0.05) is 12.7 Å². The summed E-state index contributed by atoms with van der Waals surface area (Å²) in [6, 6.07) is 15.4. The SMILES string of the molecule is CNC(=O)NC(=O)CSc1nc2ccccc2n1-c1ccc(C)cc1. The van der Waals surface area contributed by atoms with Crippen LogP contribution >= 0.6 is 11.8 Å². The molecule has 0 radical (unpaired) electrons. The Hall–Kier alpha value is -2.80. The van der Waals surface area contributed by atoms with Crippen molar-refractivity contribution < 1.29 is 9.59 Å². The summed E-state index contributed by atoms with van der Waals surface area (Å²) in [5, 5.41) is 5.32. The Balaban J connectivity index is 1.92. The molecule has 1 heterocycles. The van der Waals surface area contributed by atoms with Crippen LogP contribution in [0.4, 0.5) is 4.79 Å². The van der Waals surface area contributed by atoms with Crippen LogP contribution in [-0.2, 0) is 4.79 Å². The second kappa shape index (κ2) is 7.40. The first-order valence-electron chi connectivity index (χ1n) is 7.77. The topological polar surface area (TPSA) is 76.0 Å². The molecule has 0 spiro atoms. The lowest BCUT2D eigenvalue weighted by atomic mass is 10.2. The first-order chi connectivity index (χ1) is 12.1. The van der Waals surface area contributed by atoms with Gasteiger partial charge in [0.05, 0.1) is 16.8 Å². The van der Waals surface area contributed by atoms with Crippen molar-refractivity contribution in [2.45, 2.75) is 12.1 Å². The lowest BCUT2D eigenvalue weighted by Gasteiger charge is -2.09. The number of hydrogen-bond donors (Lipinski definition) is 2. The van der Waals surface area contributed by atoms with Crippen molar-refractivity contribution in [3.05, 3.63) is 54.1 Å². The number of aryl methyl sites for hydroxylation is 1. The molecule has 0 aliphatic heterocycles. The van der Waals surface area contributed by atoms with Gasteiger partial charge in [0.25, 0.3) is 0 Å². The fourth-order valence-corrected chi connectivity index (χ4v) is 3.23. The molecule has 6 nitrogen and oxygen atoms in total. The van der Waals surface area contributed by atoms with Crippen LogP contribution in [-0.4, -0.2) is 34.3 Å². The molecule has 0 unspecified atom stereocenters. The van der Waals surface area contributed by atoms with E-state index in [1.165, 1.54) is 24.4 Å². The number of rotatable bonds is 4. The van der Waals surface area contributed by atoms with E-state index in [0.717, 1.165) is 16.7 Å². The van der Waals surface area contributed by atoms with Gasteiger partial charge in [-0.1, -0.05) is 41.6 Å². The summed E-state index contributed by atoms with van der Waals surface area (Å²) in [5.41, 5.74) is 3.98. The number of imide groups is 1. The summed E-state index contributed by atoms with van der Waals surface area (Å²) < 4.78 is 2.02. The maximum Gasteiger partial charge on any atom is 0.321 e. The van der Waals surface area contributed by atoms with E-state index in [1.807, 2.05) is 60.0 Å². The normalized spacial score (nSPS) is 10.6. The number of carbonyl (C=O) groups excluding carboxylic acids is 2. The van der Waals surface area contributed by atoms with Gasteiger partial charge in [0.1, 0.15) is 0 Å². The molecule has 25 heavy (non-hydrogen) atoms. The van der Waals surface area contributed by atoms with E-state index in [2.05, 4.69) is 15.6 Å². The molecule has 128 valence electrons. The zero-order chi connectivity index (χ0) is 17.8. The first kappa shape index (κ1) is 17.0. The van der Waals surface area contributed by atoms with Gasteiger partial charge < -0.3 is 5.32 Å². The number of para-hydroxylation sites is 2. The van der Waals surface area contributed by atoms with Crippen LogP contribution in [0, 0.1) is 6.92 Å². The zero-order valence-electron chi connectivity index (χ0n) is 13.9. The Morgan fingerprint density at radius 3 is 2.56 bits per heavy atom.